The van der Waals surface area contributed by atoms with Crippen molar-refractivity contribution in [3.8, 4) is 0 Å². The lowest BCUT2D eigenvalue weighted by molar-refractivity contribution is 0.0690. The Morgan fingerprint density at radius 3 is 2.50 bits per heavy atom. The second kappa shape index (κ2) is 8.96. The number of rotatable bonds is 6. The zero-order valence-electron chi connectivity index (χ0n) is 15.0. The van der Waals surface area contributed by atoms with Gasteiger partial charge in [0.15, 0.2) is 0 Å². The molecule has 2 N–H and O–H groups in total. The molecule has 0 spiro atoms. The quantitative estimate of drug-likeness (QED) is 0.821. The normalized spacial score (nSPS) is 15.0. The summed E-state index contributed by atoms with van der Waals surface area (Å²) in [6.45, 7) is 3.13. The molecule has 2 aromatic rings. The number of nitrogens with zero attached hydrogens (tertiary/aromatic N) is 1. The first-order chi connectivity index (χ1) is 12.7. The van der Waals surface area contributed by atoms with E-state index in [1.54, 1.807) is 0 Å². The molecule has 1 fully saturated rings. The lowest BCUT2D eigenvalue weighted by Gasteiger charge is -2.32. The number of hydrogen-bond donors (Lipinski definition) is 2. The summed E-state index contributed by atoms with van der Waals surface area (Å²) in [4.78, 5) is 27.3. The van der Waals surface area contributed by atoms with Crippen LogP contribution < -0.4 is 10.6 Å². The Balaban J connectivity index is 1.51. The van der Waals surface area contributed by atoms with Crippen LogP contribution in [0.2, 0.25) is 0 Å². The van der Waals surface area contributed by atoms with Crippen molar-refractivity contribution in [3.05, 3.63) is 57.8 Å². The van der Waals surface area contributed by atoms with Gasteiger partial charge in [-0.05, 0) is 61.5 Å². The largest absolute Gasteiger partial charge is 0.347 e. The maximum Gasteiger partial charge on any atom is 0.261 e. The molecule has 0 atom stereocenters. The monoisotopic (exact) mass is 371 g/mol. The van der Waals surface area contributed by atoms with E-state index in [-0.39, 0.29) is 11.8 Å². The highest BCUT2D eigenvalue weighted by atomic mass is 32.1. The van der Waals surface area contributed by atoms with Gasteiger partial charge in [0, 0.05) is 25.2 Å². The minimum absolute atomic E-state index is 0.0652. The van der Waals surface area contributed by atoms with E-state index < -0.39 is 0 Å². The van der Waals surface area contributed by atoms with E-state index in [4.69, 9.17) is 0 Å². The number of likely N-dealkylation sites (tertiary alicyclic amines) is 1. The van der Waals surface area contributed by atoms with E-state index in [2.05, 4.69) is 10.6 Å². The van der Waals surface area contributed by atoms with Crippen molar-refractivity contribution in [3.63, 3.8) is 0 Å². The lowest BCUT2D eigenvalue weighted by atomic mass is 9.96. The molecular formula is C20H25N3O2S. The van der Waals surface area contributed by atoms with Crippen LogP contribution in [0.3, 0.4) is 0 Å². The third-order valence-electron chi connectivity index (χ3n) is 4.79. The molecule has 3 rings (SSSR count). The number of piperidine rings is 1. The van der Waals surface area contributed by atoms with Crippen molar-refractivity contribution in [2.24, 2.45) is 5.92 Å². The molecule has 1 aliphatic rings. The van der Waals surface area contributed by atoms with E-state index >= 15 is 0 Å². The lowest BCUT2D eigenvalue weighted by Crippen LogP contribution is -2.40. The highest BCUT2D eigenvalue weighted by Gasteiger charge is 2.23. The van der Waals surface area contributed by atoms with Crippen LogP contribution >= 0.6 is 11.3 Å². The van der Waals surface area contributed by atoms with Crippen LogP contribution in [0.25, 0.3) is 0 Å². The van der Waals surface area contributed by atoms with Crippen LogP contribution in [0, 0.1) is 5.92 Å². The van der Waals surface area contributed by atoms with Gasteiger partial charge in [-0.2, -0.15) is 0 Å². The van der Waals surface area contributed by atoms with Crippen molar-refractivity contribution in [2.45, 2.75) is 19.4 Å². The molecule has 0 unspecified atom stereocenters. The Labute approximate surface area is 158 Å². The minimum Gasteiger partial charge on any atom is -0.347 e. The molecule has 1 aliphatic heterocycles. The maximum atomic E-state index is 12.6. The molecule has 0 bridgehead atoms. The molecule has 1 aromatic heterocycles. The molecule has 2 amide bonds. The number of thiophene rings is 1. The average Bonchev–Trinajstić information content (AvgIpc) is 3.22. The Morgan fingerprint density at radius 2 is 1.88 bits per heavy atom. The Kier molecular flexibility index (Phi) is 6.41. The number of nitrogens with one attached hydrogen (secondary N) is 2. The minimum atomic E-state index is -0.0652. The molecule has 5 nitrogen and oxygen atoms in total. The third kappa shape index (κ3) is 4.71. The Morgan fingerprint density at radius 1 is 1.15 bits per heavy atom. The molecule has 138 valence electrons. The number of carbonyl (C=O) groups excluding carboxylic acids is 2. The molecule has 0 saturated carbocycles. The van der Waals surface area contributed by atoms with Gasteiger partial charge in [0.05, 0.1) is 4.88 Å². The summed E-state index contributed by atoms with van der Waals surface area (Å²) in [5.41, 5.74) is 1.70. The maximum absolute atomic E-state index is 12.6. The summed E-state index contributed by atoms with van der Waals surface area (Å²) in [5.74, 6) is 0.699. The molecule has 1 saturated heterocycles. The first-order valence-electron chi connectivity index (χ1n) is 9.02. The Bertz CT molecular complexity index is 720. The predicted octanol–water partition coefficient (Wildman–Crippen LogP) is 2.75. The van der Waals surface area contributed by atoms with Crippen LogP contribution in [0.4, 0.5) is 0 Å². The standard InChI is InChI=1S/C20H25N3O2S/c1-21-13-16-8-10-23(11-9-16)20(25)17-6-4-15(5-7-17)14-22-19(24)18-3-2-12-26-18/h2-7,12,16,21H,8-11,13-14H2,1H3,(H,22,24). The molecule has 2 heterocycles. The van der Waals surface area contributed by atoms with Gasteiger partial charge >= 0.3 is 0 Å². The fourth-order valence-electron chi connectivity index (χ4n) is 3.25. The van der Waals surface area contributed by atoms with Gasteiger partial charge in [0.1, 0.15) is 0 Å². The third-order valence-corrected chi connectivity index (χ3v) is 5.66. The van der Waals surface area contributed by atoms with Crippen LogP contribution in [0.1, 0.15) is 38.4 Å². The van der Waals surface area contributed by atoms with E-state index in [0.717, 1.165) is 38.0 Å². The average molecular weight is 372 g/mol. The highest BCUT2D eigenvalue weighted by molar-refractivity contribution is 7.12. The van der Waals surface area contributed by atoms with E-state index in [9.17, 15) is 9.59 Å². The van der Waals surface area contributed by atoms with Gasteiger partial charge < -0.3 is 15.5 Å². The topological polar surface area (TPSA) is 61.4 Å². The first-order valence-corrected chi connectivity index (χ1v) is 9.90. The first kappa shape index (κ1) is 18.6. The molecular weight excluding hydrogens is 346 g/mol. The summed E-state index contributed by atoms with van der Waals surface area (Å²) < 4.78 is 0. The molecule has 1 aromatic carbocycles. The summed E-state index contributed by atoms with van der Waals surface area (Å²) in [7, 11) is 1.97. The Hall–Kier alpha value is -2.18. The van der Waals surface area contributed by atoms with Crippen LogP contribution in [-0.2, 0) is 6.54 Å². The number of carbonyl (C=O) groups is 2. The second-order valence-corrected chi connectivity index (χ2v) is 7.60. The van der Waals surface area contributed by atoms with Gasteiger partial charge in [-0.25, -0.2) is 0 Å². The van der Waals surface area contributed by atoms with Crippen molar-refractivity contribution in [1.29, 1.82) is 0 Å². The fourth-order valence-corrected chi connectivity index (χ4v) is 3.89. The van der Waals surface area contributed by atoms with Crippen LogP contribution in [0.5, 0.6) is 0 Å². The van der Waals surface area contributed by atoms with Crippen molar-refractivity contribution in [2.75, 3.05) is 26.7 Å². The van der Waals surface area contributed by atoms with E-state index in [1.807, 2.05) is 53.7 Å². The molecule has 26 heavy (non-hydrogen) atoms. The number of benzene rings is 1. The second-order valence-electron chi connectivity index (χ2n) is 6.65. The molecule has 6 heteroatoms. The summed E-state index contributed by atoms with van der Waals surface area (Å²) in [6.07, 6.45) is 2.11. The van der Waals surface area contributed by atoms with Gasteiger partial charge in [-0.3, -0.25) is 9.59 Å². The van der Waals surface area contributed by atoms with Crippen molar-refractivity contribution in [1.82, 2.24) is 15.5 Å². The zero-order chi connectivity index (χ0) is 18.4. The van der Waals surface area contributed by atoms with Crippen LogP contribution in [0.15, 0.2) is 41.8 Å². The van der Waals surface area contributed by atoms with Gasteiger partial charge in [-0.15, -0.1) is 11.3 Å². The van der Waals surface area contributed by atoms with Gasteiger partial charge in [0.2, 0.25) is 0 Å². The highest BCUT2D eigenvalue weighted by Crippen LogP contribution is 2.19. The van der Waals surface area contributed by atoms with Crippen molar-refractivity contribution >= 4 is 23.2 Å². The zero-order valence-corrected chi connectivity index (χ0v) is 15.8. The smallest absolute Gasteiger partial charge is 0.261 e. The predicted molar refractivity (Wildman–Crippen MR) is 104 cm³/mol. The molecule has 0 aliphatic carbocycles. The summed E-state index contributed by atoms with van der Waals surface area (Å²) in [6, 6.07) is 11.2. The van der Waals surface area contributed by atoms with Gasteiger partial charge in [0.25, 0.3) is 11.8 Å². The van der Waals surface area contributed by atoms with E-state index in [1.165, 1.54) is 11.3 Å². The van der Waals surface area contributed by atoms with Crippen molar-refractivity contribution < 1.29 is 9.59 Å². The summed E-state index contributed by atoms with van der Waals surface area (Å²) >= 11 is 1.43. The number of hydrogen-bond acceptors (Lipinski definition) is 4. The molecule has 0 radical (unpaired) electrons. The number of amides is 2. The van der Waals surface area contributed by atoms with Crippen LogP contribution in [-0.4, -0.2) is 43.4 Å². The van der Waals surface area contributed by atoms with Gasteiger partial charge in [-0.1, -0.05) is 18.2 Å². The van der Waals surface area contributed by atoms with E-state index in [0.29, 0.717) is 22.9 Å². The summed E-state index contributed by atoms with van der Waals surface area (Å²) in [5, 5.41) is 8.00. The fraction of sp³-hybridized carbons (Fsp3) is 0.400. The SMILES string of the molecule is CNCC1CCN(C(=O)c2ccc(CNC(=O)c3cccs3)cc2)CC1.